The molecule has 0 radical (unpaired) electrons. The zero-order valence-corrected chi connectivity index (χ0v) is 15.1. The van der Waals surface area contributed by atoms with Gasteiger partial charge < -0.3 is 20.3 Å². The van der Waals surface area contributed by atoms with E-state index in [0.717, 1.165) is 31.2 Å². The molecule has 6 heteroatoms. The third-order valence-electron chi connectivity index (χ3n) is 4.82. The highest BCUT2D eigenvalue weighted by atomic mass is 19.1. The molecule has 0 amide bonds. The van der Waals surface area contributed by atoms with Crippen molar-refractivity contribution in [2.24, 2.45) is 4.99 Å². The fraction of sp³-hybridized carbons (Fsp3) is 0.632. The Morgan fingerprint density at radius 1 is 1.28 bits per heavy atom. The molecule has 3 rings (SSSR count). The second-order valence-electron chi connectivity index (χ2n) is 6.71. The van der Waals surface area contributed by atoms with Gasteiger partial charge in [-0.2, -0.15) is 0 Å². The van der Waals surface area contributed by atoms with Crippen molar-refractivity contribution in [1.29, 1.82) is 0 Å². The molecule has 5 nitrogen and oxygen atoms in total. The standard InChI is InChI=1S/C19H29FN4O/c1-2-21-19(23-16-5-3-4-6-16)22-14-15-7-8-18(17(20)13-15)24-9-11-25-12-10-24/h7-8,13,16H,2-6,9-12,14H2,1H3,(H2,21,22,23). The second-order valence-corrected chi connectivity index (χ2v) is 6.71. The average Bonchev–Trinajstić information content (AvgIpc) is 3.14. The summed E-state index contributed by atoms with van der Waals surface area (Å²) in [5, 5.41) is 6.77. The van der Waals surface area contributed by atoms with Crippen LogP contribution in [-0.4, -0.2) is 44.8 Å². The lowest BCUT2D eigenvalue weighted by atomic mass is 10.1. The first kappa shape index (κ1) is 18.0. The summed E-state index contributed by atoms with van der Waals surface area (Å²) >= 11 is 0. The minimum atomic E-state index is -0.177. The van der Waals surface area contributed by atoms with E-state index in [2.05, 4.69) is 22.5 Å². The Kier molecular flexibility index (Phi) is 6.50. The predicted molar refractivity (Wildman–Crippen MR) is 99.6 cm³/mol. The molecule has 138 valence electrons. The van der Waals surface area contributed by atoms with Crippen LogP contribution >= 0.6 is 0 Å². The topological polar surface area (TPSA) is 48.9 Å². The van der Waals surface area contributed by atoms with Crippen molar-refractivity contribution in [3.8, 4) is 0 Å². The van der Waals surface area contributed by atoms with Gasteiger partial charge in [0.2, 0.25) is 0 Å². The fourth-order valence-electron chi connectivity index (χ4n) is 3.46. The van der Waals surface area contributed by atoms with Gasteiger partial charge in [-0.1, -0.05) is 18.9 Å². The number of rotatable bonds is 5. The van der Waals surface area contributed by atoms with Crippen molar-refractivity contribution in [1.82, 2.24) is 10.6 Å². The molecule has 0 atom stereocenters. The van der Waals surface area contributed by atoms with E-state index in [4.69, 9.17) is 4.74 Å². The van der Waals surface area contributed by atoms with E-state index >= 15 is 0 Å². The zero-order chi connectivity index (χ0) is 17.5. The van der Waals surface area contributed by atoms with Crippen LogP contribution in [0, 0.1) is 5.82 Å². The highest BCUT2D eigenvalue weighted by molar-refractivity contribution is 5.80. The summed E-state index contributed by atoms with van der Waals surface area (Å²) in [6, 6.07) is 5.95. The van der Waals surface area contributed by atoms with Crippen LogP contribution in [-0.2, 0) is 11.3 Å². The molecule has 0 bridgehead atoms. The van der Waals surface area contributed by atoms with Gasteiger partial charge in [0.15, 0.2) is 5.96 Å². The maximum absolute atomic E-state index is 14.5. The molecule has 0 spiro atoms. The summed E-state index contributed by atoms with van der Waals surface area (Å²) in [6.45, 7) is 6.15. The molecular weight excluding hydrogens is 319 g/mol. The van der Waals surface area contributed by atoms with Gasteiger partial charge in [-0.05, 0) is 37.5 Å². The van der Waals surface area contributed by atoms with Crippen molar-refractivity contribution in [3.63, 3.8) is 0 Å². The first-order valence-corrected chi connectivity index (χ1v) is 9.42. The molecule has 1 aromatic rings. The van der Waals surface area contributed by atoms with Crippen LogP contribution in [0.1, 0.15) is 38.2 Å². The average molecular weight is 348 g/mol. The molecule has 0 unspecified atom stereocenters. The molecule has 1 saturated heterocycles. The number of aliphatic imine (C=N–C) groups is 1. The third-order valence-corrected chi connectivity index (χ3v) is 4.82. The lowest BCUT2D eigenvalue weighted by molar-refractivity contribution is 0.122. The van der Waals surface area contributed by atoms with Gasteiger partial charge in [-0.25, -0.2) is 9.38 Å². The van der Waals surface area contributed by atoms with Crippen LogP contribution in [0.25, 0.3) is 0 Å². The van der Waals surface area contributed by atoms with Crippen molar-refractivity contribution in [2.75, 3.05) is 37.7 Å². The first-order chi connectivity index (χ1) is 12.3. The highest BCUT2D eigenvalue weighted by Gasteiger charge is 2.17. The van der Waals surface area contributed by atoms with Gasteiger partial charge in [0.05, 0.1) is 25.4 Å². The molecular formula is C19H29FN4O. The van der Waals surface area contributed by atoms with Gasteiger partial charge in [0, 0.05) is 25.7 Å². The number of benzene rings is 1. The summed E-state index contributed by atoms with van der Waals surface area (Å²) in [7, 11) is 0. The van der Waals surface area contributed by atoms with Crippen LogP contribution in [0.2, 0.25) is 0 Å². The number of anilines is 1. The Balaban J connectivity index is 1.63. The minimum Gasteiger partial charge on any atom is -0.378 e. The SMILES string of the molecule is CCNC(=NCc1ccc(N2CCOCC2)c(F)c1)NC1CCCC1. The third kappa shape index (κ3) is 5.08. The largest absolute Gasteiger partial charge is 0.378 e. The first-order valence-electron chi connectivity index (χ1n) is 9.42. The van der Waals surface area contributed by atoms with Crippen molar-refractivity contribution in [3.05, 3.63) is 29.6 Å². The monoisotopic (exact) mass is 348 g/mol. The van der Waals surface area contributed by atoms with Crippen LogP contribution in [0.15, 0.2) is 23.2 Å². The van der Waals surface area contributed by atoms with Crippen LogP contribution in [0.4, 0.5) is 10.1 Å². The van der Waals surface area contributed by atoms with E-state index in [1.165, 1.54) is 25.7 Å². The van der Waals surface area contributed by atoms with Gasteiger partial charge in [-0.3, -0.25) is 0 Å². The van der Waals surface area contributed by atoms with Crippen LogP contribution < -0.4 is 15.5 Å². The Hall–Kier alpha value is -1.82. The zero-order valence-electron chi connectivity index (χ0n) is 15.1. The van der Waals surface area contributed by atoms with Gasteiger partial charge in [0.25, 0.3) is 0 Å². The van der Waals surface area contributed by atoms with E-state index in [-0.39, 0.29) is 5.82 Å². The minimum absolute atomic E-state index is 0.177. The van der Waals surface area contributed by atoms with Crippen molar-refractivity contribution in [2.45, 2.75) is 45.2 Å². The molecule has 1 aromatic carbocycles. The molecule has 25 heavy (non-hydrogen) atoms. The van der Waals surface area contributed by atoms with Crippen LogP contribution in [0.3, 0.4) is 0 Å². The summed E-state index contributed by atoms with van der Waals surface area (Å²) < 4.78 is 19.8. The number of guanidine groups is 1. The molecule has 1 aliphatic carbocycles. The molecule has 2 fully saturated rings. The summed E-state index contributed by atoms with van der Waals surface area (Å²) in [6.07, 6.45) is 4.97. The number of hydrogen-bond donors (Lipinski definition) is 2. The van der Waals surface area contributed by atoms with Gasteiger partial charge in [0.1, 0.15) is 5.82 Å². The molecule has 2 N–H and O–H groups in total. The molecule has 1 saturated carbocycles. The summed E-state index contributed by atoms with van der Waals surface area (Å²) in [4.78, 5) is 6.66. The highest BCUT2D eigenvalue weighted by Crippen LogP contribution is 2.22. The van der Waals surface area contributed by atoms with E-state index in [9.17, 15) is 4.39 Å². The Bertz CT molecular complexity index is 581. The molecule has 2 aliphatic rings. The normalized spacial score (nSPS) is 19.3. The fourth-order valence-corrected chi connectivity index (χ4v) is 3.46. The quantitative estimate of drug-likeness (QED) is 0.634. The van der Waals surface area contributed by atoms with Crippen LogP contribution in [0.5, 0.6) is 0 Å². The maximum Gasteiger partial charge on any atom is 0.191 e. The maximum atomic E-state index is 14.5. The van der Waals surface area contributed by atoms with E-state index in [1.54, 1.807) is 6.07 Å². The molecule has 0 aromatic heterocycles. The smallest absolute Gasteiger partial charge is 0.191 e. The lowest BCUT2D eigenvalue weighted by Gasteiger charge is -2.29. The van der Waals surface area contributed by atoms with Gasteiger partial charge in [-0.15, -0.1) is 0 Å². The lowest BCUT2D eigenvalue weighted by Crippen LogP contribution is -2.42. The number of hydrogen-bond acceptors (Lipinski definition) is 3. The number of nitrogens with zero attached hydrogens (tertiary/aromatic N) is 2. The molecule has 1 heterocycles. The van der Waals surface area contributed by atoms with E-state index < -0.39 is 0 Å². The van der Waals surface area contributed by atoms with Gasteiger partial charge >= 0.3 is 0 Å². The van der Waals surface area contributed by atoms with E-state index in [0.29, 0.717) is 31.5 Å². The Morgan fingerprint density at radius 3 is 2.72 bits per heavy atom. The summed E-state index contributed by atoms with van der Waals surface area (Å²) in [5.74, 6) is 0.649. The summed E-state index contributed by atoms with van der Waals surface area (Å²) in [5.41, 5.74) is 1.55. The number of halogens is 1. The number of ether oxygens (including phenoxy) is 1. The van der Waals surface area contributed by atoms with Crippen molar-refractivity contribution >= 4 is 11.6 Å². The number of nitrogens with one attached hydrogen (secondary N) is 2. The Labute approximate surface area is 149 Å². The predicted octanol–water partition coefficient (Wildman–Crippen LogP) is 2.66. The second kappa shape index (κ2) is 9.04. The van der Waals surface area contributed by atoms with E-state index in [1.807, 2.05) is 17.0 Å². The Morgan fingerprint density at radius 2 is 2.04 bits per heavy atom. The number of morpholine rings is 1. The molecule has 1 aliphatic heterocycles. The van der Waals surface area contributed by atoms with Crippen molar-refractivity contribution < 1.29 is 9.13 Å².